The maximum atomic E-state index is 12.2. The summed E-state index contributed by atoms with van der Waals surface area (Å²) in [4.78, 5) is 27.0. The van der Waals surface area contributed by atoms with E-state index in [-0.39, 0.29) is 5.91 Å². The van der Waals surface area contributed by atoms with Crippen molar-refractivity contribution in [2.45, 2.75) is 19.3 Å². The van der Waals surface area contributed by atoms with Gasteiger partial charge in [0.25, 0.3) is 5.91 Å². The number of hydrogen-bond donors (Lipinski definition) is 0. The summed E-state index contributed by atoms with van der Waals surface area (Å²) in [5, 5.41) is 0. The second-order valence-corrected chi connectivity index (χ2v) is 5.37. The van der Waals surface area contributed by atoms with Crippen molar-refractivity contribution in [2.24, 2.45) is 0 Å². The van der Waals surface area contributed by atoms with E-state index in [1.165, 1.54) is 19.3 Å². The number of carbonyl (C=O) groups is 2. The van der Waals surface area contributed by atoms with Crippen LogP contribution in [0.2, 0.25) is 0 Å². The normalized spacial score (nSPS) is 15.8. The van der Waals surface area contributed by atoms with Crippen LogP contribution in [0.5, 0.6) is 0 Å². The molecule has 0 radical (unpaired) electrons. The number of piperidine rings is 1. The average Bonchev–Trinajstić information content (AvgIpc) is 2.53. The number of benzene rings is 1. The lowest BCUT2D eigenvalue weighted by atomic mass is 10.1. The third kappa shape index (κ3) is 3.90. The molecule has 0 spiro atoms. The molecule has 1 aliphatic rings. The summed E-state index contributed by atoms with van der Waals surface area (Å²) in [5.74, 6) is 0.0134. The van der Waals surface area contributed by atoms with Gasteiger partial charge in [-0.25, -0.2) is 0 Å². The third-order valence-electron chi connectivity index (χ3n) is 3.84. The fourth-order valence-electron chi connectivity index (χ4n) is 2.50. The maximum absolute atomic E-state index is 12.2. The maximum Gasteiger partial charge on any atom is 0.253 e. The Hall–Kier alpha value is -1.68. The Kier molecular flexibility index (Phi) is 5.30. The molecule has 1 saturated heterocycles. The molecule has 0 aliphatic carbocycles. The summed E-state index contributed by atoms with van der Waals surface area (Å²) in [6.45, 7) is 3.98. The lowest BCUT2D eigenvalue weighted by Crippen LogP contribution is -2.38. The van der Waals surface area contributed by atoms with Crippen molar-refractivity contribution in [3.63, 3.8) is 0 Å². The van der Waals surface area contributed by atoms with E-state index in [1.807, 2.05) is 7.05 Å². The fourth-order valence-corrected chi connectivity index (χ4v) is 2.50. The number of hydrogen-bond acceptors (Lipinski definition) is 3. The van der Waals surface area contributed by atoms with Crippen LogP contribution in [0.3, 0.4) is 0 Å². The molecule has 1 amide bonds. The van der Waals surface area contributed by atoms with Crippen molar-refractivity contribution in [3.05, 3.63) is 35.4 Å². The number of rotatable bonds is 5. The smallest absolute Gasteiger partial charge is 0.253 e. The molecular weight excluding hydrogens is 252 g/mol. The van der Waals surface area contributed by atoms with Crippen LogP contribution in [0.1, 0.15) is 40.0 Å². The average molecular weight is 274 g/mol. The van der Waals surface area contributed by atoms with Gasteiger partial charge in [0, 0.05) is 31.3 Å². The van der Waals surface area contributed by atoms with Gasteiger partial charge in [0.2, 0.25) is 0 Å². The SMILES string of the molecule is CN(CCN1CCCCC1)C(=O)c1ccc(C=O)cc1. The molecule has 0 atom stereocenters. The Bertz CT molecular complexity index is 450. The van der Waals surface area contributed by atoms with E-state index in [0.717, 1.165) is 32.5 Å². The monoisotopic (exact) mass is 274 g/mol. The van der Waals surface area contributed by atoms with Crippen LogP contribution in [-0.2, 0) is 0 Å². The van der Waals surface area contributed by atoms with E-state index >= 15 is 0 Å². The quantitative estimate of drug-likeness (QED) is 0.772. The summed E-state index contributed by atoms with van der Waals surface area (Å²) in [6, 6.07) is 6.78. The highest BCUT2D eigenvalue weighted by molar-refractivity contribution is 5.94. The summed E-state index contributed by atoms with van der Waals surface area (Å²) < 4.78 is 0. The second kappa shape index (κ2) is 7.20. The van der Waals surface area contributed by atoms with Gasteiger partial charge in [-0.15, -0.1) is 0 Å². The Labute approximate surface area is 120 Å². The van der Waals surface area contributed by atoms with E-state index < -0.39 is 0 Å². The van der Waals surface area contributed by atoms with Crippen molar-refractivity contribution in [1.82, 2.24) is 9.80 Å². The summed E-state index contributed by atoms with van der Waals surface area (Å²) in [6.07, 6.45) is 4.65. The number of aldehydes is 1. The zero-order chi connectivity index (χ0) is 14.4. The molecule has 1 aliphatic heterocycles. The van der Waals surface area contributed by atoms with Crippen molar-refractivity contribution >= 4 is 12.2 Å². The zero-order valence-electron chi connectivity index (χ0n) is 12.0. The van der Waals surface area contributed by atoms with Crippen molar-refractivity contribution in [3.8, 4) is 0 Å². The molecule has 20 heavy (non-hydrogen) atoms. The van der Waals surface area contributed by atoms with Gasteiger partial charge < -0.3 is 9.80 Å². The molecular formula is C16H22N2O2. The molecule has 0 saturated carbocycles. The predicted octanol–water partition coefficient (Wildman–Crippen LogP) is 2.06. The highest BCUT2D eigenvalue weighted by Gasteiger charge is 2.14. The minimum absolute atomic E-state index is 0.0134. The van der Waals surface area contributed by atoms with Gasteiger partial charge in [-0.1, -0.05) is 18.6 Å². The van der Waals surface area contributed by atoms with Crippen molar-refractivity contribution in [2.75, 3.05) is 33.2 Å². The van der Waals surface area contributed by atoms with Crippen LogP contribution in [0.15, 0.2) is 24.3 Å². The molecule has 108 valence electrons. The Morgan fingerprint density at radius 3 is 2.45 bits per heavy atom. The fraction of sp³-hybridized carbons (Fsp3) is 0.500. The number of carbonyl (C=O) groups excluding carboxylic acids is 2. The topological polar surface area (TPSA) is 40.6 Å². The Balaban J connectivity index is 1.85. The van der Waals surface area contributed by atoms with Gasteiger partial charge >= 0.3 is 0 Å². The van der Waals surface area contributed by atoms with Crippen LogP contribution in [0, 0.1) is 0 Å². The molecule has 1 aromatic carbocycles. The van der Waals surface area contributed by atoms with Crippen LogP contribution in [0.4, 0.5) is 0 Å². The Morgan fingerprint density at radius 1 is 1.20 bits per heavy atom. The molecule has 1 fully saturated rings. The van der Waals surface area contributed by atoms with Gasteiger partial charge in [0.15, 0.2) is 0 Å². The molecule has 0 aromatic heterocycles. The predicted molar refractivity (Wildman–Crippen MR) is 79.1 cm³/mol. The first-order chi connectivity index (χ1) is 9.70. The number of nitrogens with zero attached hydrogens (tertiary/aromatic N) is 2. The van der Waals surface area contributed by atoms with Crippen LogP contribution >= 0.6 is 0 Å². The molecule has 0 bridgehead atoms. The lowest BCUT2D eigenvalue weighted by molar-refractivity contribution is 0.0772. The molecule has 0 N–H and O–H groups in total. The first-order valence-electron chi connectivity index (χ1n) is 7.24. The zero-order valence-corrected chi connectivity index (χ0v) is 12.0. The van der Waals surface area contributed by atoms with E-state index in [9.17, 15) is 9.59 Å². The van der Waals surface area contributed by atoms with E-state index in [4.69, 9.17) is 0 Å². The summed E-state index contributed by atoms with van der Waals surface area (Å²) in [5.41, 5.74) is 1.23. The number of likely N-dealkylation sites (tertiary alicyclic amines) is 1. The van der Waals surface area contributed by atoms with Crippen LogP contribution in [-0.4, -0.2) is 55.2 Å². The van der Waals surface area contributed by atoms with Crippen molar-refractivity contribution in [1.29, 1.82) is 0 Å². The van der Waals surface area contributed by atoms with Crippen LogP contribution < -0.4 is 0 Å². The van der Waals surface area contributed by atoms with Gasteiger partial charge in [0.1, 0.15) is 6.29 Å². The highest BCUT2D eigenvalue weighted by atomic mass is 16.2. The summed E-state index contributed by atoms with van der Waals surface area (Å²) in [7, 11) is 1.83. The molecule has 4 heteroatoms. The van der Waals surface area contributed by atoms with Gasteiger partial charge in [-0.2, -0.15) is 0 Å². The molecule has 2 rings (SSSR count). The van der Waals surface area contributed by atoms with Gasteiger partial charge in [-0.05, 0) is 38.1 Å². The highest BCUT2D eigenvalue weighted by Crippen LogP contribution is 2.09. The van der Waals surface area contributed by atoms with E-state index in [0.29, 0.717) is 11.1 Å². The van der Waals surface area contributed by atoms with Gasteiger partial charge in [0.05, 0.1) is 0 Å². The minimum Gasteiger partial charge on any atom is -0.340 e. The first kappa shape index (κ1) is 14.7. The first-order valence-corrected chi connectivity index (χ1v) is 7.24. The largest absolute Gasteiger partial charge is 0.340 e. The Morgan fingerprint density at radius 2 is 1.85 bits per heavy atom. The van der Waals surface area contributed by atoms with Crippen molar-refractivity contribution < 1.29 is 9.59 Å². The third-order valence-corrected chi connectivity index (χ3v) is 3.84. The van der Waals surface area contributed by atoms with Gasteiger partial charge in [-0.3, -0.25) is 9.59 Å². The van der Waals surface area contributed by atoms with E-state index in [1.54, 1.807) is 29.2 Å². The molecule has 0 unspecified atom stereocenters. The second-order valence-electron chi connectivity index (χ2n) is 5.37. The minimum atomic E-state index is 0.0134. The van der Waals surface area contributed by atoms with Crippen LogP contribution in [0.25, 0.3) is 0 Å². The number of amides is 1. The molecule has 1 aromatic rings. The number of likely N-dealkylation sites (N-methyl/N-ethyl adjacent to an activating group) is 1. The molecule has 1 heterocycles. The summed E-state index contributed by atoms with van der Waals surface area (Å²) >= 11 is 0. The molecule has 4 nitrogen and oxygen atoms in total. The standard InChI is InChI=1S/C16H22N2O2/c1-17(11-12-18-9-3-2-4-10-18)16(20)15-7-5-14(13-19)6-8-15/h5-8,13H,2-4,9-12H2,1H3. The lowest BCUT2D eigenvalue weighted by Gasteiger charge is -2.28. The van der Waals surface area contributed by atoms with E-state index in [2.05, 4.69) is 4.90 Å².